The van der Waals surface area contributed by atoms with E-state index in [0.29, 0.717) is 0 Å². The van der Waals surface area contributed by atoms with Crippen LogP contribution in [0.5, 0.6) is 0 Å². The molecule has 0 radical (unpaired) electrons. The second-order valence-electron chi connectivity index (χ2n) is 3.26. The fraction of sp³-hybridized carbons (Fsp3) is 1.00. The zero-order valence-electron chi connectivity index (χ0n) is 8.42. The van der Waals surface area contributed by atoms with Gasteiger partial charge in [-0.3, -0.25) is 0 Å². The topological polar surface area (TPSA) is 147 Å². The number of aliphatic hydroxyl groups excluding tert-OH is 4. The van der Waals surface area contributed by atoms with E-state index in [-0.39, 0.29) is 51.4 Å². The van der Waals surface area contributed by atoms with Crippen molar-refractivity contribution in [3.05, 3.63) is 0 Å². The predicted molar refractivity (Wildman–Crippen MR) is 43.5 cm³/mol. The SMILES string of the molecule is O=S(=O)([O-])C[C@H]1OC(O)[C@H](O)[C@@H](O)[C@H]1O.[K+]. The minimum atomic E-state index is -4.66. The van der Waals surface area contributed by atoms with Crippen molar-refractivity contribution in [3.8, 4) is 0 Å². The van der Waals surface area contributed by atoms with Gasteiger partial charge in [-0.05, 0) is 0 Å². The fourth-order valence-corrected chi connectivity index (χ4v) is 1.95. The van der Waals surface area contributed by atoms with Crippen molar-refractivity contribution >= 4 is 10.1 Å². The molecular formula is C6H11KO8S. The molecule has 1 fully saturated rings. The van der Waals surface area contributed by atoms with Gasteiger partial charge in [0.2, 0.25) is 0 Å². The van der Waals surface area contributed by atoms with Crippen molar-refractivity contribution in [2.75, 3.05) is 5.75 Å². The molecule has 16 heavy (non-hydrogen) atoms. The van der Waals surface area contributed by atoms with E-state index in [1.807, 2.05) is 0 Å². The van der Waals surface area contributed by atoms with E-state index in [2.05, 4.69) is 4.74 Å². The quantitative estimate of drug-likeness (QED) is 0.288. The van der Waals surface area contributed by atoms with E-state index in [0.717, 1.165) is 0 Å². The van der Waals surface area contributed by atoms with Crippen LogP contribution in [0, 0.1) is 0 Å². The Bertz CT molecular complexity index is 318. The van der Waals surface area contributed by atoms with Crippen LogP contribution in [-0.2, 0) is 14.9 Å². The molecule has 0 amide bonds. The number of ether oxygens (including phenoxy) is 1. The summed E-state index contributed by atoms with van der Waals surface area (Å²) in [5.74, 6) is -1.09. The first-order chi connectivity index (χ1) is 6.72. The molecule has 0 aromatic heterocycles. The van der Waals surface area contributed by atoms with Gasteiger partial charge in [-0.15, -0.1) is 0 Å². The summed E-state index contributed by atoms with van der Waals surface area (Å²) in [6, 6.07) is 0. The van der Waals surface area contributed by atoms with Crippen LogP contribution in [0.25, 0.3) is 0 Å². The van der Waals surface area contributed by atoms with E-state index < -0.39 is 46.6 Å². The second kappa shape index (κ2) is 6.49. The molecule has 0 bridgehead atoms. The van der Waals surface area contributed by atoms with E-state index in [1.54, 1.807) is 0 Å². The molecule has 4 N–H and O–H groups in total. The Kier molecular flexibility index (Phi) is 7.04. The number of rotatable bonds is 2. The molecule has 1 aliphatic rings. The van der Waals surface area contributed by atoms with Crippen molar-refractivity contribution < 1.29 is 89.5 Å². The molecule has 1 unspecified atom stereocenters. The molecule has 1 saturated heterocycles. The van der Waals surface area contributed by atoms with Gasteiger partial charge in [0.25, 0.3) is 0 Å². The normalized spacial score (nSPS) is 40.2. The van der Waals surface area contributed by atoms with Gasteiger partial charge < -0.3 is 29.7 Å². The minimum Gasteiger partial charge on any atom is -0.748 e. The van der Waals surface area contributed by atoms with Crippen molar-refractivity contribution in [3.63, 3.8) is 0 Å². The molecule has 0 saturated carbocycles. The summed E-state index contributed by atoms with van der Waals surface area (Å²) in [4.78, 5) is 0. The van der Waals surface area contributed by atoms with E-state index >= 15 is 0 Å². The first-order valence-electron chi connectivity index (χ1n) is 4.03. The summed E-state index contributed by atoms with van der Waals surface area (Å²) >= 11 is 0. The summed E-state index contributed by atoms with van der Waals surface area (Å²) in [5.41, 5.74) is 0. The van der Waals surface area contributed by atoms with E-state index in [4.69, 9.17) is 15.3 Å². The van der Waals surface area contributed by atoms with Crippen LogP contribution in [-0.4, -0.2) is 69.9 Å². The van der Waals surface area contributed by atoms with E-state index in [9.17, 15) is 18.1 Å². The van der Waals surface area contributed by atoms with Crippen LogP contribution in [0.3, 0.4) is 0 Å². The Morgan fingerprint density at radius 2 is 1.56 bits per heavy atom. The summed E-state index contributed by atoms with van der Waals surface area (Å²) in [6.07, 6.45) is -8.64. The minimum absolute atomic E-state index is 0. The third-order valence-electron chi connectivity index (χ3n) is 2.06. The monoisotopic (exact) mass is 282 g/mol. The van der Waals surface area contributed by atoms with Crippen molar-refractivity contribution in [2.24, 2.45) is 0 Å². The molecule has 0 aliphatic carbocycles. The third kappa shape index (κ3) is 4.55. The molecule has 1 aliphatic heterocycles. The molecule has 1 heterocycles. The zero-order chi connectivity index (χ0) is 11.8. The van der Waals surface area contributed by atoms with Crippen LogP contribution in [0.4, 0.5) is 0 Å². The molecule has 8 nitrogen and oxygen atoms in total. The van der Waals surface area contributed by atoms with Crippen molar-refractivity contribution in [2.45, 2.75) is 30.7 Å². The summed E-state index contributed by atoms with van der Waals surface area (Å²) in [5, 5.41) is 36.4. The molecule has 5 atom stereocenters. The van der Waals surface area contributed by atoms with Crippen LogP contribution in [0.2, 0.25) is 0 Å². The molecular weight excluding hydrogens is 271 g/mol. The maximum absolute atomic E-state index is 10.4. The van der Waals surface area contributed by atoms with Crippen LogP contribution in [0.15, 0.2) is 0 Å². The maximum Gasteiger partial charge on any atom is 1.00 e. The van der Waals surface area contributed by atoms with Gasteiger partial charge in [0.1, 0.15) is 24.4 Å². The summed E-state index contributed by atoms with van der Waals surface area (Å²) in [7, 11) is -4.66. The Balaban J connectivity index is 0.00000225. The van der Waals surface area contributed by atoms with Gasteiger partial charge in [-0.2, -0.15) is 0 Å². The average Bonchev–Trinajstić information content (AvgIpc) is 2.08. The first kappa shape index (κ1) is 17.3. The Labute approximate surface area is 134 Å². The van der Waals surface area contributed by atoms with Gasteiger partial charge in [-0.1, -0.05) is 0 Å². The first-order valence-corrected chi connectivity index (χ1v) is 5.61. The molecule has 0 aromatic carbocycles. The second-order valence-corrected chi connectivity index (χ2v) is 4.71. The number of hydrogen-bond donors (Lipinski definition) is 4. The van der Waals surface area contributed by atoms with Crippen molar-refractivity contribution in [1.82, 2.24) is 0 Å². The smallest absolute Gasteiger partial charge is 0.748 e. The predicted octanol–water partition coefficient (Wildman–Crippen LogP) is -6.66. The molecule has 90 valence electrons. The van der Waals surface area contributed by atoms with E-state index in [1.165, 1.54) is 0 Å². The van der Waals surface area contributed by atoms with Gasteiger partial charge in [0.05, 0.1) is 15.9 Å². The van der Waals surface area contributed by atoms with Gasteiger partial charge >= 0.3 is 51.4 Å². The van der Waals surface area contributed by atoms with Crippen molar-refractivity contribution in [1.29, 1.82) is 0 Å². The zero-order valence-corrected chi connectivity index (χ0v) is 12.4. The van der Waals surface area contributed by atoms with Gasteiger partial charge in [0.15, 0.2) is 6.29 Å². The van der Waals surface area contributed by atoms with Crippen LogP contribution < -0.4 is 51.4 Å². The molecule has 0 spiro atoms. The number of hydrogen-bond acceptors (Lipinski definition) is 8. The van der Waals surface area contributed by atoms with Crippen LogP contribution in [0.1, 0.15) is 0 Å². The van der Waals surface area contributed by atoms with Gasteiger partial charge in [0, 0.05) is 0 Å². The molecule has 0 aromatic rings. The standard InChI is InChI=1S/C6H12O8S.K/c7-3-2(1-15(11,12)13)14-6(10)5(9)4(3)8;/h2-10H,1H2,(H,11,12,13);/q;+1/p-1/t2-,3+,4+,5-,6?;/m1./s1. The molecule has 1 rings (SSSR count). The summed E-state index contributed by atoms with van der Waals surface area (Å²) in [6.45, 7) is 0. The third-order valence-corrected chi connectivity index (χ3v) is 2.79. The van der Waals surface area contributed by atoms with Gasteiger partial charge in [-0.25, -0.2) is 8.42 Å². The number of aliphatic hydroxyl groups is 4. The Morgan fingerprint density at radius 3 is 2.00 bits per heavy atom. The van der Waals surface area contributed by atoms with Crippen LogP contribution >= 0.6 is 0 Å². The Morgan fingerprint density at radius 1 is 1.06 bits per heavy atom. The fourth-order valence-electron chi connectivity index (χ4n) is 1.27. The largest absolute Gasteiger partial charge is 1.00 e. The Hall–Kier alpha value is 1.35. The maximum atomic E-state index is 10.4. The molecule has 10 heteroatoms. The summed E-state index contributed by atoms with van der Waals surface area (Å²) < 4.78 is 35.6. The average molecular weight is 282 g/mol.